The molecule has 0 bridgehead atoms. The second-order valence-electron chi connectivity index (χ2n) is 7.01. The van der Waals surface area contributed by atoms with Crippen molar-refractivity contribution in [2.45, 2.75) is 25.9 Å². The van der Waals surface area contributed by atoms with E-state index in [0.29, 0.717) is 13.1 Å². The number of carbonyl (C=O) groups is 1. The van der Waals surface area contributed by atoms with Gasteiger partial charge in [0.1, 0.15) is 0 Å². The molecule has 0 radical (unpaired) electrons. The molecule has 1 aromatic heterocycles. The van der Waals surface area contributed by atoms with Crippen LogP contribution in [0.1, 0.15) is 24.1 Å². The summed E-state index contributed by atoms with van der Waals surface area (Å²) >= 11 is 0. The maximum absolute atomic E-state index is 12.8. The van der Waals surface area contributed by atoms with Crippen LogP contribution in [0.3, 0.4) is 0 Å². The maximum Gasteiger partial charge on any atom is 0.226 e. The summed E-state index contributed by atoms with van der Waals surface area (Å²) in [5.41, 5.74) is 2.10. The Morgan fingerprint density at radius 3 is 2.67 bits per heavy atom. The van der Waals surface area contributed by atoms with Crippen molar-refractivity contribution in [2.24, 2.45) is 5.92 Å². The van der Waals surface area contributed by atoms with Crippen molar-refractivity contribution in [3.05, 3.63) is 17.5 Å². The molecule has 4 rings (SSSR count). The summed E-state index contributed by atoms with van der Waals surface area (Å²) in [5.74, 6) is 1.22. The highest BCUT2D eigenvalue weighted by Gasteiger charge is 2.32. The minimum atomic E-state index is 0.169. The highest BCUT2D eigenvalue weighted by molar-refractivity contribution is 5.79. The van der Waals surface area contributed by atoms with Gasteiger partial charge in [-0.25, -0.2) is 9.97 Å². The third-order valence-corrected chi connectivity index (χ3v) is 5.32. The molecule has 3 aliphatic heterocycles. The predicted molar refractivity (Wildman–Crippen MR) is 89.5 cm³/mol. The van der Waals surface area contributed by atoms with Gasteiger partial charge in [0.05, 0.1) is 25.5 Å². The smallest absolute Gasteiger partial charge is 0.226 e. The van der Waals surface area contributed by atoms with Gasteiger partial charge in [-0.15, -0.1) is 0 Å². The second-order valence-corrected chi connectivity index (χ2v) is 7.01. The molecule has 0 aliphatic carbocycles. The summed E-state index contributed by atoms with van der Waals surface area (Å²) in [6, 6.07) is 0. The van der Waals surface area contributed by atoms with Crippen LogP contribution in [0.25, 0.3) is 0 Å². The molecule has 0 saturated carbocycles. The summed E-state index contributed by atoms with van der Waals surface area (Å²) in [6.07, 6.45) is 3.83. The molecule has 2 fully saturated rings. The fourth-order valence-electron chi connectivity index (χ4n) is 3.73. The van der Waals surface area contributed by atoms with Gasteiger partial charge >= 0.3 is 0 Å². The Bertz CT molecular complexity index is 609. The minimum absolute atomic E-state index is 0.169. The highest BCUT2D eigenvalue weighted by Crippen LogP contribution is 2.27. The minimum Gasteiger partial charge on any atom is -0.378 e. The van der Waals surface area contributed by atoms with E-state index >= 15 is 0 Å². The molecule has 1 amide bonds. The van der Waals surface area contributed by atoms with Crippen LogP contribution in [0.2, 0.25) is 0 Å². The topological polar surface area (TPSA) is 61.8 Å². The van der Waals surface area contributed by atoms with Gasteiger partial charge < -0.3 is 19.4 Å². The molecule has 1 aromatic rings. The van der Waals surface area contributed by atoms with Gasteiger partial charge in [0.25, 0.3) is 0 Å². The Kier molecular flexibility index (Phi) is 4.37. The number of rotatable bonds is 2. The first-order chi connectivity index (χ1) is 11.7. The number of hydrogen-bond acceptors (Lipinski definition) is 6. The Morgan fingerprint density at radius 2 is 1.92 bits per heavy atom. The molecule has 7 heteroatoms. The number of aromatic nitrogens is 2. The number of piperidine rings is 1. The normalized spacial score (nSPS) is 22.7. The average molecular weight is 331 g/mol. The van der Waals surface area contributed by atoms with Crippen LogP contribution in [-0.4, -0.2) is 72.1 Å². The third-order valence-electron chi connectivity index (χ3n) is 5.32. The van der Waals surface area contributed by atoms with E-state index in [-0.39, 0.29) is 11.8 Å². The van der Waals surface area contributed by atoms with Gasteiger partial charge in [0, 0.05) is 37.3 Å². The van der Waals surface area contributed by atoms with Gasteiger partial charge in [-0.1, -0.05) is 0 Å². The summed E-state index contributed by atoms with van der Waals surface area (Å²) in [4.78, 5) is 28.4. The number of ether oxygens (including phenoxy) is 1. The van der Waals surface area contributed by atoms with Gasteiger partial charge in [-0.3, -0.25) is 4.79 Å². The summed E-state index contributed by atoms with van der Waals surface area (Å²) in [6.45, 7) is 6.41. The van der Waals surface area contributed by atoms with Crippen LogP contribution >= 0.6 is 0 Å². The first kappa shape index (κ1) is 15.8. The third kappa shape index (κ3) is 3.10. The van der Waals surface area contributed by atoms with E-state index < -0.39 is 0 Å². The Labute approximate surface area is 142 Å². The predicted octanol–water partition coefficient (Wildman–Crippen LogP) is 0.497. The molecule has 0 spiro atoms. The standard InChI is InChI=1S/C17H25N5O2/c1-20-4-2-13(3-5-20)16(23)22-11-14-10-18-17(19-15(14)12-22)21-6-8-24-9-7-21/h10,13H,2-9,11-12H2,1H3. The van der Waals surface area contributed by atoms with Crippen LogP contribution in [0.5, 0.6) is 0 Å². The molecule has 2 saturated heterocycles. The monoisotopic (exact) mass is 331 g/mol. The zero-order valence-corrected chi connectivity index (χ0v) is 14.3. The lowest BCUT2D eigenvalue weighted by atomic mass is 9.96. The van der Waals surface area contributed by atoms with E-state index in [1.54, 1.807) is 0 Å². The molecule has 4 heterocycles. The number of carbonyl (C=O) groups excluding carboxylic acids is 1. The van der Waals surface area contributed by atoms with Crippen molar-refractivity contribution in [1.29, 1.82) is 0 Å². The number of anilines is 1. The van der Waals surface area contributed by atoms with Crippen molar-refractivity contribution in [1.82, 2.24) is 19.8 Å². The van der Waals surface area contributed by atoms with Gasteiger partial charge in [-0.05, 0) is 33.0 Å². The van der Waals surface area contributed by atoms with Gasteiger partial charge in [-0.2, -0.15) is 0 Å². The van der Waals surface area contributed by atoms with Crippen LogP contribution in [0, 0.1) is 5.92 Å². The maximum atomic E-state index is 12.8. The molecule has 7 nitrogen and oxygen atoms in total. The van der Waals surface area contributed by atoms with Crippen LogP contribution < -0.4 is 4.90 Å². The lowest BCUT2D eigenvalue weighted by molar-refractivity contribution is -0.137. The van der Waals surface area contributed by atoms with E-state index in [1.165, 1.54) is 0 Å². The fourth-order valence-corrected chi connectivity index (χ4v) is 3.73. The quantitative estimate of drug-likeness (QED) is 0.786. The zero-order chi connectivity index (χ0) is 16.5. The number of hydrogen-bond donors (Lipinski definition) is 0. The van der Waals surface area contributed by atoms with E-state index in [2.05, 4.69) is 21.8 Å². The first-order valence-corrected chi connectivity index (χ1v) is 8.85. The molecule has 0 N–H and O–H groups in total. The van der Waals surface area contributed by atoms with Crippen LogP contribution in [0.15, 0.2) is 6.20 Å². The lowest BCUT2D eigenvalue weighted by Gasteiger charge is -2.30. The molecular weight excluding hydrogens is 306 g/mol. The second kappa shape index (κ2) is 6.64. The molecule has 24 heavy (non-hydrogen) atoms. The lowest BCUT2D eigenvalue weighted by Crippen LogP contribution is -2.39. The van der Waals surface area contributed by atoms with Crippen molar-refractivity contribution in [3.8, 4) is 0 Å². The summed E-state index contributed by atoms with van der Waals surface area (Å²) in [7, 11) is 2.12. The van der Waals surface area contributed by atoms with E-state index in [9.17, 15) is 4.79 Å². The average Bonchev–Trinajstić information content (AvgIpc) is 3.06. The van der Waals surface area contributed by atoms with E-state index in [4.69, 9.17) is 9.72 Å². The number of fused-ring (bicyclic) bond motifs is 1. The van der Waals surface area contributed by atoms with Crippen molar-refractivity contribution in [2.75, 3.05) is 51.3 Å². The number of morpholine rings is 1. The van der Waals surface area contributed by atoms with Crippen molar-refractivity contribution >= 4 is 11.9 Å². The molecule has 0 atom stereocenters. The molecular formula is C17H25N5O2. The SMILES string of the molecule is CN1CCC(C(=O)N2Cc3cnc(N4CCOCC4)nc3C2)CC1. The van der Waals surface area contributed by atoms with E-state index in [0.717, 1.165) is 69.4 Å². The highest BCUT2D eigenvalue weighted by atomic mass is 16.5. The van der Waals surface area contributed by atoms with Gasteiger partial charge in [0.15, 0.2) is 0 Å². The number of amides is 1. The van der Waals surface area contributed by atoms with Crippen LogP contribution in [-0.2, 0) is 22.6 Å². The summed E-state index contributed by atoms with van der Waals surface area (Å²) in [5, 5.41) is 0. The van der Waals surface area contributed by atoms with E-state index in [1.807, 2.05) is 11.1 Å². The Morgan fingerprint density at radius 1 is 1.17 bits per heavy atom. The van der Waals surface area contributed by atoms with Crippen molar-refractivity contribution < 1.29 is 9.53 Å². The molecule has 0 aromatic carbocycles. The summed E-state index contributed by atoms with van der Waals surface area (Å²) < 4.78 is 5.38. The zero-order valence-electron chi connectivity index (χ0n) is 14.3. The largest absolute Gasteiger partial charge is 0.378 e. The molecule has 0 unspecified atom stereocenters. The van der Waals surface area contributed by atoms with Crippen molar-refractivity contribution in [3.63, 3.8) is 0 Å². The molecule has 3 aliphatic rings. The Hall–Kier alpha value is -1.73. The Balaban J connectivity index is 1.43. The number of nitrogens with zero attached hydrogens (tertiary/aromatic N) is 5. The molecule has 130 valence electrons. The van der Waals surface area contributed by atoms with Gasteiger partial charge in [0.2, 0.25) is 11.9 Å². The van der Waals surface area contributed by atoms with Crippen LogP contribution in [0.4, 0.5) is 5.95 Å². The number of likely N-dealkylation sites (tertiary alicyclic amines) is 1. The fraction of sp³-hybridized carbons (Fsp3) is 0.706. The first-order valence-electron chi connectivity index (χ1n) is 8.85.